The molecule has 0 saturated heterocycles. The van der Waals surface area contributed by atoms with E-state index in [0.29, 0.717) is 40.1 Å². The first-order chi connectivity index (χ1) is 17.7. The second-order valence-corrected chi connectivity index (χ2v) is 8.79. The highest BCUT2D eigenvalue weighted by Gasteiger charge is 2.25. The van der Waals surface area contributed by atoms with Gasteiger partial charge in [0.25, 0.3) is 11.8 Å². The number of nitrogens with zero attached hydrogens (tertiary/aromatic N) is 1. The van der Waals surface area contributed by atoms with Crippen LogP contribution in [0, 0.1) is 0 Å². The average molecular weight is 549 g/mol. The lowest BCUT2D eigenvalue weighted by molar-refractivity contribution is -0.114. The Morgan fingerprint density at radius 1 is 1.03 bits per heavy atom. The molecule has 0 aliphatic heterocycles. The Balaban J connectivity index is 1.62. The van der Waals surface area contributed by atoms with Gasteiger partial charge < -0.3 is 24.7 Å². The van der Waals surface area contributed by atoms with Gasteiger partial charge in [0, 0.05) is 38.5 Å². The molecule has 12 heteroatoms. The average Bonchev–Trinajstić information content (AvgIpc) is 3.19. The zero-order chi connectivity index (χ0) is 26.9. The summed E-state index contributed by atoms with van der Waals surface area (Å²) in [6.45, 7) is 2.02. The van der Waals surface area contributed by atoms with Crippen LogP contribution in [0.2, 0.25) is 10.0 Å². The number of aryl methyl sites for hydroxylation is 1. The van der Waals surface area contributed by atoms with Gasteiger partial charge in [-0.3, -0.25) is 19.6 Å². The molecular formula is C25H26Cl2N4O6. The fourth-order valence-electron chi connectivity index (χ4n) is 3.44. The third-order valence-electron chi connectivity index (χ3n) is 5.09. The second kappa shape index (κ2) is 13.0. The fourth-order valence-corrected chi connectivity index (χ4v) is 3.76. The van der Waals surface area contributed by atoms with Crippen molar-refractivity contribution < 1.29 is 29.1 Å². The normalized spacial score (nSPS) is 10.5. The van der Waals surface area contributed by atoms with Crippen molar-refractivity contribution in [2.45, 2.75) is 20.0 Å². The van der Waals surface area contributed by atoms with Gasteiger partial charge in [-0.1, -0.05) is 35.3 Å². The number of hydroxylamine groups is 1. The molecule has 0 saturated carbocycles. The van der Waals surface area contributed by atoms with Gasteiger partial charge in [-0.25, -0.2) is 5.48 Å². The summed E-state index contributed by atoms with van der Waals surface area (Å²) >= 11 is 12.0. The molecule has 0 radical (unpaired) electrons. The van der Waals surface area contributed by atoms with Gasteiger partial charge in [-0.15, -0.1) is 0 Å². The number of carbonyl (C=O) groups excluding carboxylic acids is 3. The minimum absolute atomic E-state index is 0.00171. The quantitative estimate of drug-likeness (QED) is 0.161. The summed E-state index contributed by atoms with van der Waals surface area (Å²) in [5, 5.41) is 15.3. The first-order valence-corrected chi connectivity index (χ1v) is 11.9. The van der Waals surface area contributed by atoms with E-state index in [1.54, 1.807) is 55.0 Å². The van der Waals surface area contributed by atoms with Crippen molar-refractivity contribution in [2.24, 2.45) is 7.05 Å². The molecule has 10 nitrogen and oxygen atoms in total. The summed E-state index contributed by atoms with van der Waals surface area (Å²) in [6, 6.07) is 11.9. The molecule has 0 aliphatic carbocycles. The third kappa shape index (κ3) is 7.63. The number of ether oxygens (including phenoxy) is 2. The van der Waals surface area contributed by atoms with Crippen LogP contribution in [-0.2, 0) is 18.4 Å². The monoisotopic (exact) mass is 548 g/mol. The maximum absolute atomic E-state index is 13.0. The molecule has 4 N–H and O–H groups in total. The molecule has 196 valence electrons. The smallest absolute Gasteiger partial charge is 0.279 e. The number of hydrogen-bond acceptors (Lipinski definition) is 6. The summed E-state index contributed by atoms with van der Waals surface area (Å²) in [5.74, 6) is -0.897. The molecule has 0 spiro atoms. The number of carbonyl (C=O) groups is 3. The SMILES string of the molecule is CC(=O)Nc1cccc(OCCCNC(=O)c2c(OCc3ccc(Cl)c(Cl)c3)c(C(=O)NO)cn2C)c1. The molecule has 37 heavy (non-hydrogen) atoms. The number of rotatable bonds is 11. The molecule has 3 aromatic rings. The van der Waals surface area contributed by atoms with E-state index in [1.807, 2.05) is 0 Å². The molecule has 3 amide bonds. The Kier molecular flexibility index (Phi) is 9.78. The van der Waals surface area contributed by atoms with E-state index in [1.165, 1.54) is 17.7 Å². The van der Waals surface area contributed by atoms with Crippen molar-refractivity contribution in [3.63, 3.8) is 0 Å². The first kappa shape index (κ1) is 27.9. The maximum Gasteiger partial charge on any atom is 0.279 e. The van der Waals surface area contributed by atoms with Gasteiger partial charge in [-0.05, 0) is 36.2 Å². The zero-order valence-corrected chi connectivity index (χ0v) is 21.7. The summed E-state index contributed by atoms with van der Waals surface area (Å²) in [4.78, 5) is 36.4. The van der Waals surface area contributed by atoms with Gasteiger partial charge in [0.15, 0.2) is 5.75 Å². The number of hydrogen-bond donors (Lipinski definition) is 4. The summed E-state index contributed by atoms with van der Waals surface area (Å²) in [6.07, 6.45) is 1.87. The van der Waals surface area contributed by atoms with E-state index in [-0.39, 0.29) is 36.1 Å². The minimum atomic E-state index is -0.825. The Bertz CT molecular complexity index is 1290. The Morgan fingerprint density at radius 3 is 2.51 bits per heavy atom. The van der Waals surface area contributed by atoms with Gasteiger partial charge in [0.2, 0.25) is 5.91 Å². The van der Waals surface area contributed by atoms with Crippen LogP contribution in [0.3, 0.4) is 0 Å². The molecule has 0 aliphatic rings. The van der Waals surface area contributed by atoms with Crippen LogP contribution in [0.25, 0.3) is 0 Å². The van der Waals surface area contributed by atoms with Gasteiger partial charge in [0.05, 0.1) is 16.7 Å². The van der Waals surface area contributed by atoms with Gasteiger partial charge >= 0.3 is 0 Å². The zero-order valence-electron chi connectivity index (χ0n) is 20.1. The molecule has 0 unspecified atom stereocenters. The summed E-state index contributed by atoms with van der Waals surface area (Å²) in [5.41, 5.74) is 2.94. The maximum atomic E-state index is 13.0. The highest BCUT2D eigenvalue weighted by molar-refractivity contribution is 6.42. The van der Waals surface area contributed by atoms with Crippen LogP contribution in [0.5, 0.6) is 11.5 Å². The molecule has 0 bridgehead atoms. The van der Waals surface area contributed by atoms with Crippen molar-refractivity contribution in [1.29, 1.82) is 0 Å². The summed E-state index contributed by atoms with van der Waals surface area (Å²) in [7, 11) is 1.58. The van der Waals surface area contributed by atoms with Crippen LogP contribution in [0.1, 0.15) is 39.8 Å². The van der Waals surface area contributed by atoms with Crippen LogP contribution < -0.4 is 25.6 Å². The second-order valence-electron chi connectivity index (χ2n) is 7.98. The summed E-state index contributed by atoms with van der Waals surface area (Å²) < 4.78 is 13.0. The number of amides is 3. The van der Waals surface area contributed by atoms with Crippen LogP contribution >= 0.6 is 23.2 Å². The van der Waals surface area contributed by atoms with E-state index in [0.717, 1.165) is 0 Å². The lowest BCUT2D eigenvalue weighted by Gasteiger charge is -2.12. The van der Waals surface area contributed by atoms with Gasteiger partial charge in [0.1, 0.15) is 23.6 Å². The van der Waals surface area contributed by atoms with Crippen LogP contribution in [0.15, 0.2) is 48.7 Å². The molecule has 0 fully saturated rings. The number of anilines is 1. The molecule has 1 aromatic heterocycles. The predicted molar refractivity (Wildman–Crippen MR) is 139 cm³/mol. The Hall–Kier alpha value is -3.73. The van der Waals surface area contributed by atoms with Crippen molar-refractivity contribution in [1.82, 2.24) is 15.4 Å². The topological polar surface area (TPSA) is 131 Å². The van der Waals surface area contributed by atoms with E-state index in [2.05, 4.69) is 10.6 Å². The highest BCUT2D eigenvalue weighted by Crippen LogP contribution is 2.28. The lowest BCUT2D eigenvalue weighted by Crippen LogP contribution is -2.28. The minimum Gasteiger partial charge on any atom is -0.493 e. The molecular weight excluding hydrogens is 523 g/mol. The van der Waals surface area contributed by atoms with E-state index >= 15 is 0 Å². The first-order valence-electron chi connectivity index (χ1n) is 11.2. The highest BCUT2D eigenvalue weighted by atomic mass is 35.5. The molecule has 0 atom stereocenters. The van der Waals surface area contributed by atoms with Crippen molar-refractivity contribution in [3.05, 3.63) is 75.5 Å². The number of nitrogens with one attached hydrogen (secondary N) is 3. The van der Waals surface area contributed by atoms with Crippen molar-refractivity contribution in [3.8, 4) is 11.5 Å². The number of benzene rings is 2. The number of aromatic nitrogens is 1. The largest absolute Gasteiger partial charge is 0.493 e. The van der Waals surface area contributed by atoms with Crippen molar-refractivity contribution in [2.75, 3.05) is 18.5 Å². The standard InChI is InChI=1S/C25H26Cl2N4O6/c1-15(32)29-17-5-3-6-18(12-17)36-10-4-9-28-25(34)22-23(19(13-31(22)2)24(33)30-35)37-14-16-7-8-20(26)21(27)11-16/h3,5-8,11-13,35H,4,9-10,14H2,1-2H3,(H,28,34)(H,29,32)(H,30,33). The predicted octanol–water partition coefficient (Wildman–Crippen LogP) is 4.19. The molecule has 1 heterocycles. The number of halogens is 2. The third-order valence-corrected chi connectivity index (χ3v) is 5.83. The Labute approximate surface area is 223 Å². The van der Waals surface area contributed by atoms with E-state index in [4.69, 9.17) is 37.9 Å². The van der Waals surface area contributed by atoms with E-state index < -0.39 is 11.8 Å². The Morgan fingerprint density at radius 2 is 1.81 bits per heavy atom. The van der Waals surface area contributed by atoms with Crippen molar-refractivity contribution >= 4 is 46.6 Å². The van der Waals surface area contributed by atoms with E-state index in [9.17, 15) is 14.4 Å². The molecule has 3 rings (SSSR count). The van der Waals surface area contributed by atoms with Gasteiger partial charge in [-0.2, -0.15) is 0 Å². The molecule has 2 aromatic carbocycles. The lowest BCUT2D eigenvalue weighted by atomic mass is 10.2. The van der Waals surface area contributed by atoms with Crippen LogP contribution in [0.4, 0.5) is 5.69 Å². The van der Waals surface area contributed by atoms with Crippen LogP contribution in [-0.4, -0.2) is 40.6 Å². The fraction of sp³-hybridized carbons (Fsp3) is 0.240.